The first-order valence-electron chi connectivity index (χ1n) is 4.97. The Morgan fingerprint density at radius 1 is 1.53 bits per heavy atom. The standard InChI is InChI=1S/C11H13BrFNO/c1-7-2-3-8(12)10(11(7)13)9-6-14-4-5-15-9/h2-3,9,14H,4-6H2,1H3. The van der Waals surface area contributed by atoms with Gasteiger partial charge in [-0.3, -0.25) is 0 Å². The smallest absolute Gasteiger partial charge is 0.133 e. The van der Waals surface area contributed by atoms with Gasteiger partial charge in [0.1, 0.15) is 5.82 Å². The maximum absolute atomic E-state index is 13.9. The monoisotopic (exact) mass is 273 g/mol. The van der Waals surface area contributed by atoms with Gasteiger partial charge in [-0.25, -0.2) is 4.39 Å². The van der Waals surface area contributed by atoms with Crippen LogP contribution < -0.4 is 5.32 Å². The van der Waals surface area contributed by atoms with Crippen molar-refractivity contribution in [2.75, 3.05) is 19.7 Å². The zero-order valence-corrected chi connectivity index (χ0v) is 10.1. The minimum Gasteiger partial charge on any atom is -0.371 e. The normalized spacial score (nSPS) is 21.7. The molecule has 0 radical (unpaired) electrons. The third-order valence-electron chi connectivity index (χ3n) is 2.57. The summed E-state index contributed by atoms with van der Waals surface area (Å²) in [5.74, 6) is -0.168. The fourth-order valence-electron chi connectivity index (χ4n) is 1.72. The predicted molar refractivity (Wildman–Crippen MR) is 60.4 cm³/mol. The second-order valence-corrected chi connectivity index (χ2v) is 4.51. The molecular formula is C11H13BrFNO. The number of morpholine rings is 1. The maximum atomic E-state index is 13.9. The lowest BCUT2D eigenvalue weighted by atomic mass is 10.0. The molecule has 4 heteroatoms. The van der Waals surface area contributed by atoms with Gasteiger partial charge < -0.3 is 10.1 Å². The predicted octanol–water partition coefficient (Wildman–Crippen LogP) is 2.56. The Labute approximate surface area is 96.9 Å². The van der Waals surface area contributed by atoms with Crippen LogP contribution in [-0.4, -0.2) is 19.7 Å². The number of ether oxygens (including phenoxy) is 1. The van der Waals surface area contributed by atoms with Crippen molar-refractivity contribution in [2.45, 2.75) is 13.0 Å². The number of hydrogen-bond donors (Lipinski definition) is 1. The third-order valence-corrected chi connectivity index (χ3v) is 3.26. The Balaban J connectivity index is 2.36. The molecule has 1 aromatic rings. The lowest BCUT2D eigenvalue weighted by Crippen LogP contribution is -2.34. The van der Waals surface area contributed by atoms with E-state index in [2.05, 4.69) is 21.2 Å². The van der Waals surface area contributed by atoms with Crippen LogP contribution in [0.1, 0.15) is 17.2 Å². The van der Waals surface area contributed by atoms with Gasteiger partial charge in [-0.2, -0.15) is 0 Å². The van der Waals surface area contributed by atoms with Crippen molar-refractivity contribution in [3.63, 3.8) is 0 Å². The van der Waals surface area contributed by atoms with Crippen LogP contribution in [0.5, 0.6) is 0 Å². The van der Waals surface area contributed by atoms with Gasteiger partial charge in [-0.15, -0.1) is 0 Å². The van der Waals surface area contributed by atoms with E-state index in [-0.39, 0.29) is 11.9 Å². The van der Waals surface area contributed by atoms with E-state index >= 15 is 0 Å². The van der Waals surface area contributed by atoms with E-state index in [0.717, 1.165) is 11.0 Å². The topological polar surface area (TPSA) is 21.3 Å². The highest BCUT2D eigenvalue weighted by atomic mass is 79.9. The molecule has 1 aliphatic rings. The number of nitrogens with one attached hydrogen (secondary N) is 1. The van der Waals surface area contributed by atoms with Gasteiger partial charge >= 0.3 is 0 Å². The van der Waals surface area contributed by atoms with E-state index in [1.54, 1.807) is 13.0 Å². The summed E-state index contributed by atoms with van der Waals surface area (Å²) in [6.45, 7) is 3.90. The highest BCUT2D eigenvalue weighted by Gasteiger charge is 2.22. The van der Waals surface area contributed by atoms with Crippen molar-refractivity contribution in [1.82, 2.24) is 5.32 Å². The summed E-state index contributed by atoms with van der Waals surface area (Å²) in [4.78, 5) is 0. The van der Waals surface area contributed by atoms with Crippen molar-refractivity contribution in [2.24, 2.45) is 0 Å². The minimum absolute atomic E-state index is 0.168. The molecule has 2 rings (SSSR count). The zero-order chi connectivity index (χ0) is 10.8. The first-order chi connectivity index (χ1) is 7.20. The van der Waals surface area contributed by atoms with Gasteiger partial charge in [0.2, 0.25) is 0 Å². The Kier molecular flexibility index (Phi) is 3.38. The largest absolute Gasteiger partial charge is 0.371 e. The lowest BCUT2D eigenvalue weighted by molar-refractivity contribution is 0.0250. The van der Waals surface area contributed by atoms with Gasteiger partial charge in [0.15, 0.2) is 0 Å². The maximum Gasteiger partial charge on any atom is 0.133 e. The number of hydrogen-bond acceptors (Lipinski definition) is 2. The number of aryl methyl sites for hydroxylation is 1. The quantitative estimate of drug-likeness (QED) is 0.849. The number of halogens is 2. The first-order valence-corrected chi connectivity index (χ1v) is 5.76. The van der Waals surface area contributed by atoms with Gasteiger partial charge in [-0.05, 0) is 18.6 Å². The molecule has 0 spiro atoms. The fraction of sp³-hybridized carbons (Fsp3) is 0.455. The third kappa shape index (κ3) is 2.22. The summed E-state index contributed by atoms with van der Waals surface area (Å²) >= 11 is 3.37. The molecule has 82 valence electrons. The van der Waals surface area contributed by atoms with Gasteiger partial charge in [0.25, 0.3) is 0 Å². The Morgan fingerprint density at radius 3 is 3.00 bits per heavy atom. The van der Waals surface area contributed by atoms with Crippen LogP contribution in [0.4, 0.5) is 4.39 Å². The van der Waals surface area contributed by atoms with Crippen LogP contribution >= 0.6 is 15.9 Å². The van der Waals surface area contributed by atoms with E-state index in [1.807, 2.05) is 6.07 Å². The van der Waals surface area contributed by atoms with Crippen LogP contribution in [0.15, 0.2) is 16.6 Å². The van der Waals surface area contributed by atoms with Crippen LogP contribution in [0.2, 0.25) is 0 Å². The molecule has 0 saturated carbocycles. The average molecular weight is 274 g/mol. The van der Waals surface area contributed by atoms with Crippen molar-refractivity contribution in [3.8, 4) is 0 Å². The van der Waals surface area contributed by atoms with Crippen LogP contribution in [0, 0.1) is 12.7 Å². The van der Waals surface area contributed by atoms with E-state index in [4.69, 9.17) is 4.74 Å². The molecule has 2 nitrogen and oxygen atoms in total. The van der Waals surface area contributed by atoms with Gasteiger partial charge in [0.05, 0.1) is 12.7 Å². The molecule has 1 heterocycles. The highest BCUT2D eigenvalue weighted by Crippen LogP contribution is 2.30. The molecule has 0 amide bonds. The average Bonchev–Trinajstić information content (AvgIpc) is 2.26. The summed E-state index contributed by atoms with van der Waals surface area (Å²) in [6.07, 6.45) is -0.187. The minimum atomic E-state index is -0.187. The Bertz CT molecular complexity index is 364. The van der Waals surface area contributed by atoms with Crippen molar-refractivity contribution in [3.05, 3.63) is 33.5 Å². The van der Waals surface area contributed by atoms with Crippen LogP contribution in [0.3, 0.4) is 0 Å². The molecule has 1 saturated heterocycles. The van der Waals surface area contributed by atoms with E-state index in [1.165, 1.54) is 0 Å². The Morgan fingerprint density at radius 2 is 2.33 bits per heavy atom. The van der Waals surface area contributed by atoms with Crippen LogP contribution in [-0.2, 0) is 4.74 Å². The lowest BCUT2D eigenvalue weighted by Gasteiger charge is -2.25. The highest BCUT2D eigenvalue weighted by molar-refractivity contribution is 9.10. The molecule has 0 bridgehead atoms. The van der Waals surface area contributed by atoms with E-state index in [9.17, 15) is 4.39 Å². The summed E-state index contributed by atoms with van der Waals surface area (Å²) in [6, 6.07) is 3.63. The molecule has 1 fully saturated rings. The van der Waals surface area contributed by atoms with E-state index < -0.39 is 0 Å². The molecular weight excluding hydrogens is 261 g/mol. The van der Waals surface area contributed by atoms with Crippen molar-refractivity contribution in [1.29, 1.82) is 0 Å². The summed E-state index contributed by atoms with van der Waals surface area (Å²) in [5, 5.41) is 3.19. The summed E-state index contributed by atoms with van der Waals surface area (Å²) < 4.78 is 20.2. The SMILES string of the molecule is Cc1ccc(Br)c(C2CNCCO2)c1F. The summed E-state index contributed by atoms with van der Waals surface area (Å²) in [5.41, 5.74) is 1.28. The zero-order valence-electron chi connectivity index (χ0n) is 8.52. The molecule has 0 aromatic heterocycles. The fourth-order valence-corrected chi connectivity index (χ4v) is 2.29. The van der Waals surface area contributed by atoms with E-state index in [0.29, 0.717) is 24.3 Å². The molecule has 1 N–H and O–H groups in total. The second-order valence-electron chi connectivity index (χ2n) is 3.66. The summed E-state index contributed by atoms with van der Waals surface area (Å²) in [7, 11) is 0. The van der Waals surface area contributed by atoms with Crippen molar-refractivity contribution < 1.29 is 9.13 Å². The van der Waals surface area contributed by atoms with Crippen molar-refractivity contribution >= 4 is 15.9 Å². The molecule has 1 aliphatic heterocycles. The second kappa shape index (κ2) is 4.60. The number of benzene rings is 1. The first kappa shape index (κ1) is 11.0. The molecule has 1 atom stereocenters. The van der Waals surface area contributed by atoms with Crippen LogP contribution in [0.25, 0.3) is 0 Å². The van der Waals surface area contributed by atoms with Gasteiger partial charge in [0, 0.05) is 23.1 Å². The molecule has 0 aliphatic carbocycles. The molecule has 15 heavy (non-hydrogen) atoms. The molecule has 1 unspecified atom stereocenters. The number of rotatable bonds is 1. The van der Waals surface area contributed by atoms with Gasteiger partial charge in [-0.1, -0.05) is 22.0 Å². The molecule has 1 aromatic carbocycles. The Hall–Kier alpha value is -0.450.